The summed E-state index contributed by atoms with van der Waals surface area (Å²) in [4.78, 5) is 0. The van der Waals surface area contributed by atoms with Crippen molar-refractivity contribution in [3.63, 3.8) is 0 Å². The molecular weight excluding hydrogens is 371 g/mol. The SMILES string of the molecule is O=S(=O)(N(c1ccccc1F)S(=O)(=O)C(F)(F)F)C(F)(F)F. The van der Waals surface area contributed by atoms with Gasteiger partial charge < -0.3 is 0 Å². The summed E-state index contributed by atoms with van der Waals surface area (Å²) in [6, 6.07) is 1.89. The van der Waals surface area contributed by atoms with E-state index in [9.17, 15) is 47.6 Å². The molecule has 1 aromatic rings. The Morgan fingerprint density at radius 2 is 1.14 bits per heavy atom. The smallest absolute Gasteiger partial charge is 0.205 e. The van der Waals surface area contributed by atoms with Crippen LogP contribution in [0, 0.1) is 5.82 Å². The number of anilines is 1. The second-order valence-electron chi connectivity index (χ2n) is 3.55. The van der Waals surface area contributed by atoms with Crippen molar-refractivity contribution in [2.45, 2.75) is 11.0 Å². The number of alkyl halides is 6. The van der Waals surface area contributed by atoms with Crippen molar-refractivity contribution in [1.29, 1.82) is 0 Å². The Kier molecular flexibility index (Phi) is 4.42. The molecule has 0 atom stereocenters. The van der Waals surface area contributed by atoms with Gasteiger partial charge >= 0.3 is 31.1 Å². The summed E-state index contributed by atoms with van der Waals surface area (Å²) in [6.07, 6.45) is 0. The monoisotopic (exact) mass is 375 g/mol. The van der Waals surface area contributed by atoms with Crippen LogP contribution in [0.2, 0.25) is 0 Å². The van der Waals surface area contributed by atoms with Gasteiger partial charge in [0.05, 0.1) is 0 Å². The largest absolute Gasteiger partial charge is 0.517 e. The Morgan fingerprint density at radius 1 is 0.773 bits per heavy atom. The maximum absolute atomic E-state index is 13.4. The van der Waals surface area contributed by atoms with E-state index < -0.39 is 46.3 Å². The summed E-state index contributed by atoms with van der Waals surface area (Å²) in [5.74, 6) is -1.91. The molecule has 0 unspecified atom stereocenters. The van der Waals surface area contributed by atoms with Gasteiger partial charge in [-0.05, 0) is 12.1 Å². The van der Waals surface area contributed by atoms with Crippen LogP contribution in [0.1, 0.15) is 0 Å². The molecule has 0 saturated carbocycles. The van der Waals surface area contributed by atoms with Crippen molar-refractivity contribution in [3.05, 3.63) is 30.1 Å². The van der Waals surface area contributed by atoms with Gasteiger partial charge in [-0.25, -0.2) is 4.39 Å². The summed E-state index contributed by atoms with van der Waals surface area (Å²) >= 11 is 0. The van der Waals surface area contributed by atoms with Crippen LogP contribution in [0.3, 0.4) is 0 Å². The number of hydrogen-bond acceptors (Lipinski definition) is 4. The maximum atomic E-state index is 13.4. The lowest BCUT2D eigenvalue weighted by atomic mass is 10.3. The van der Waals surface area contributed by atoms with E-state index in [-0.39, 0.29) is 6.07 Å². The molecule has 0 N–H and O–H groups in total. The van der Waals surface area contributed by atoms with Gasteiger partial charge in [-0.3, -0.25) is 0 Å². The quantitative estimate of drug-likeness (QED) is 0.761. The van der Waals surface area contributed by atoms with Crippen LogP contribution in [-0.2, 0) is 20.0 Å². The Balaban J connectivity index is 3.83. The molecule has 0 amide bonds. The predicted molar refractivity (Wildman–Crippen MR) is 58.8 cm³/mol. The van der Waals surface area contributed by atoms with E-state index in [1.54, 1.807) is 0 Å². The van der Waals surface area contributed by atoms with E-state index in [4.69, 9.17) is 0 Å². The summed E-state index contributed by atoms with van der Waals surface area (Å²) in [6.45, 7) is 0. The number of para-hydroxylation sites is 1. The first-order valence-corrected chi connectivity index (χ1v) is 7.69. The first kappa shape index (κ1) is 18.5. The zero-order chi connectivity index (χ0) is 17.6. The van der Waals surface area contributed by atoms with Gasteiger partial charge in [0.2, 0.25) is 0 Å². The minimum atomic E-state index is -7.07. The molecule has 0 bridgehead atoms. The minimum Gasteiger partial charge on any atom is -0.205 e. The van der Waals surface area contributed by atoms with Crippen LogP contribution >= 0.6 is 0 Å². The Labute approximate surface area is 119 Å². The van der Waals surface area contributed by atoms with Crippen LogP contribution in [0.15, 0.2) is 24.3 Å². The van der Waals surface area contributed by atoms with Crippen LogP contribution in [-0.4, -0.2) is 27.9 Å². The third-order valence-electron chi connectivity index (χ3n) is 2.07. The normalized spacial score (nSPS) is 14.0. The molecule has 22 heavy (non-hydrogen) atoms. The van der Waals surface area contributed by atoms with Crippen molar-refractivity contribution < 1.29 is 47.6 Å². The lowest BCUT2D eigenvalue weighted by Crippen LogP contribution is -2.49. The Bertz CT molecular complexity index is 722. The number of hydrogen-bond donors (Lipinski definition) is 0. The summed E-state index contributed by atoms with van der Waals surface area (Å²) < 4.78 is 131. The topological polar surface area (TPSA) is 71.5 Å². The second-order valence-corrected chi connectivity index (χ2v) is 7.34. The van der Waals surface area contributed by atoms with Crippen molar-refractivity contribution in [1.82, 2.24) is 0 Å². The molecule has 126 valence electrons. The fourth-order valence-corrected chi connectivity index (χ4v) is 3.91. The van der Waals surface area contributed by atoms with E-state index >= 15 is 0 Å². The third-order valence-corrected chi connectivity index (χ3v) is 5.68. The first-order valence-electron chi connectivity index (χ1n) is 4.81. The summed E-state index contributed by atoms with van der Waals surface area (Å²) in [5, 5.41) is 0. The van der Waals surface area contributed by atoms with Crippen molar-refractivity contribution in [2.75, 3.05) is 3.71 Å². The average molecular weight is 375 g/mol. The number of benzene rings is 1. The molecule has 1 aromatic carbocycles. The van der Waals surface area contributed by atoms with E-state index in [1.165, 1.54) is 0 Å². The van der Waals surface area contributed by atoms with Gasteiger partial charge in [0.15, 0.2) is 0 Å². The van der Waals surface area contributed by atoms with Gasteiger partial charge in [-0.1, -0.05) is 12.1 Å². The molecule has 0 spiro atoms. The second kappa shape index (κ2) is 5.26. The predicted octanol–water partition coefficient (Wildman–Crippen LogP) is 2.33. The highest BCUT2D eigenvalue weighted by Crippen LogP contribution is 2.39. The minimum absolute atomic E-state index is 0.141. The van der Waals surface area contributed by atoms with E-state index in [1.807, 2.05) is 0 Å². The van der Waals surface area contributed by atoms with E-state index in [2.05, 4.69) is 0 Å². The zero-order valence-electron chi connectivity index (χ0n) is 9.85. The third kappa shape index (κ3) is 2.97. The van der Waals surface area contributed by atoms with Crippen LogP contribution in [0.5, 0.6) is 0 Å². The first-order chi connectivity index (χ1) is 9.64. The molecule has 5 nitrogen and oxygen atoms in total. The summed E-state index contributed by atoms with van der Waals surface area (Å²) in [5.41, 5.74) is -14.8. The highest BCUT2D eigenvalue weighted by atomic mass is 32.3. The van der Waals surface area contributed by atoms with Crippen molar-refractivity contribution in [3.8, 4) is 0 Å². The Morgan fingerprint density at radius 3 is 1.45 bits per heavy atom. The zero-order valence-corrected chi connectivity index (χ0v) is 11.5. The Hall–Kier alpha value is -1.57. The molecule has 0 aliphatic rings. The van der Waals surface area contributed by atoms with Gasteiger partial charge in [-0.2, -0.15) is 43.2 Å². The molecule has 0 aliphatic carbocycles. The van der Waals surface area contributed by atoms with Gasteiger partial charge in [0.1, 0.15) is 11.5 Å². The lowest BCUT2D eigenvalue weighted by Gasteiger charge is -2.25. The van der Waals surface area contributed by atoms with Crippen LogP contribution < -0.4 is 3.71 Å². The molecule has 1 rings (SSSR count). The number of nitrogens with zero attached hydrogens (tertiary/aromatic N) is 1. The molecule has 0 aromatic heterocycles. The maximum Gasteiger partial charge on any atom is 0.517 e. The molecular formula is C8H4F7NO4S2. The highest BCUT2D eigenvalue weighted by Gasteiger charge is 2.62. The van der Waals surface area contributed by atoms with Gasteiger partial charge in [0, 0.05) is 0 Å². The molecule has 14 heteroatoms. The molecule has 0 fully saturated rings. The number of rotatable bonds is 3. The van der Waals surface area contributed by atoms with Gasteiger partial charge in [-0.15, -0.1) is 3.71 Å². The lowest BCUT2D eigenvalue weighted by molar-refractivity contribution is -0.0462. The van der Waals surface area contributed by atoms with Crippen molar-refractivity contribution in [2.24, 2.45) is 0 Å². The van der Waals surface area contributed by atoms with Crippen LogP contribution in [0.25, 0.3) is 0 Å². The van der Waals surface area contributed by atoms with E-state index in [0.29, 0.717) is 12.1 Å². The fourth-order valence-electron chi connectivity index (χ4n) is 1.18. The summed E-state index contributed by atoms with van der Waals surface area (Å²) in [7, 11) is -14.1. The van der Waals surface area contributed by atoms with Crippen LogP contribution in [0.4, 0.5) is 36.4 Å². The molecule has 0 radical (unpaired) electrons. The van der Waals surface area contributed by atoms with Gasteiger partial charge in [0.25, 0.3) is 0 Å². The average Bonchev–Trinajstić information content (AvgIpc) is 2.28. The molecule has 0 heterocycles. The molecule has 0 aliphatic heterocycles. The highest BCUT2D eigenvalue weighted by molar-refractivity contribution is 8.11. The van der Waals surface area contributed by atoms with Crippen molar-refractivity contribution >= 4 is 25.7 Å². The van der Waals surface area contributed by atoms with E-state index in [0.717, 1.165) is 6.07 Å². The fraction of sp³-hybridized carbons (Fsp3) is 0.250. The standard InChI is InChI=1S/C8H4F7NO4S2/c9-5-3-1-2-4-6(5)16(21(17,18)7(10,11)12)22(19,20)8(13,14)15/h1-4H. The molecule has 0 saturated heterocycles. The number of halogens is 7. The number of sulfonamides is 2.